The van der Waals surface area contributed by atoms with Crippen molar-refractivity contribution < 1.29 is 9.13 Å². The first kappa shape index (κ1) is 43.0. The first-order chi connectivity index (χ1) is 17.2. The van der Waals surface area contributed by atoms with Crippen molar-refractivity contribution in [2.24, 2.45) is 17.8 Å². The zero-order valence-electron chi connectivity index (χ0n) is 26.4. The van der Waals surface area contributed by atoms with Crippen LogP contribution in [0.2, 0.25) is 0 Å². The van der Waals surface area contributed by atoms with Crippen LogP contribution in [-0.2, 0) is 4.74 Å². The Bertz CT molecular complexity index is 711. The lowest BCUT2D eigenvalue weighted by atomic mass is 10.1. The summed E-state index contributed by atoms with van der Waals surface area (Å²) in [5.74, 6) is 2.67. The van der Waals surface area contributed by atoms with E-state index in [4.69, 9.17) is 4.74 Å². The number of pyridine rings is 2. The molecule has 0 bridgehead atoms. The fourth-order valence-electron chi connectivity index (χ4n) is 2.54. The van der Waals surface area contributed by atoms with Gasteiger partial charge < -0.3 is 4.74 Å². The summed E-state index contributed by atoms with van der Waals surface area (Å²) in [5, 5.41) is 0. The number of hydrogen-bond donors (Lipinski definition) is 0. The molecule has 0 N–H and O–H groups in total. The molecule has 0 saturated heterocycles. The lowest BCUT2D eigenvalue weighted by Crippen LogP contribution is -1.96. The van der Waals surface area contributed by atoms with Gasteiger partial charge in [0.2, 0.25) is 5.95 Å². The highest BCUT2D eigenvalue weighted by Gasteiger charge is 2.00. The lowest BCUT2D eigenvalue weighted by molar-refractivity contribution is 0.167. The predicted molar refractivity (Wildman–Crippen MR) is 170 cm³/mol. The Kier molecular flexibility index (Phi) is 31.6. The Morgan fingerprint density at radius 2 is 1.26 bits per heavy atom. The van der Waals surface area contributed by atoms with Gasteiger partial charge in [0.1, 0.15) is 0 Å². The van der Waals surface area contributed by atoms with Crippen LogP contribution >= 0.6 is 0 Å². The summed E-state index contributed by atoms with van der Waals surface area (Å²) in [6, 6.07) is 11.0. The third-order valence-corrected chi connectivity index (χ3v) is 4.67. The lowest BCUT2D eigenvalue weighted by Gasteiger charge is -2.03. The maximum Gasteiger partial charge on any atom is 0.213 e. The molecule has 0 aliphatic heterocycles. The van der Waals surface area contributed by atoms with Crippen molar-refractivity contribution in [3.05, 3.63) is 72.1 Å². The second-order valence-corrected chi connectivity index (χ2v) is 10.9. The van der Waals surface area contributed by atoms with E-state index in [0.717, 1.165) is 23.9 Å². The number of methoxy groups -OCH3 is 1. The molecule has 222 valence electrons. The number of aromatic nitrogens is 2. The molecule has 2 aromatic heterocycles. The zero-order chi connectivity index (χ0) is 29.4. The summed E-state index contributed by atoms with van der Waals surface area (Å²) in [4.78, 5) is 8.08. The summed E-state index contributed by atoms with van der Waals surface area (Å²) < 4.78 is 17.2. The minimum absolute atomic E-state index is 0. The minimum atomic E-state index is -0.397. The summed E-state index contributed by atoms with van der Waals surface area (Å²) in [6.07, 6.45) is 4.62. The molecule has 0 saturated carbocycles. The van der Waals surface area contributed by atoms with E-state index in [-0.39, 0.29) is 7.43 Å². The molecule has 0 aromatic carbocycles. The fourth-order valence-corrected chi connectivity index (χ4v) is 2.54. The Morgan fingerprint density at radius 3 is 1.45 bits per heavy atom. The van der Waals surface area contributed by atoms with Crippen LogP contribution in [0.1, 0.15) is 125 Å². The number of nitrogens with zero attached hydrogens (tertiary/aromatic N) is 2. The molecule has 0 amide bonds. The minimum Gasteiger partial charge on any atom is -0.384 e. The quantitative estimate of drug-likeness (QED) is 0.262. The van der Waals surface area contributed by atoms with Gasteiger partial charge in [-0.25, -0.2) is 4.98 Å². The summed E-state index contributed by atoms with van der Waals surface area (Å²) in [7, 11) is 1.72. The molecule has 0 spiro atoms. The van der Waals surface area contributed by atoms with Crippen LogP contribution < -0.4 is 0 Å². The van der Waals surface area contributed by atoms with Crippen LogP contribution in [0.25, 0.3) is 0 Å². The van der Waals surface area contributed by atoms with Crippen molar-refractivity contribution in [1.29, 1.82) is 0 Å². The molecular weight excluding hydrogens is 471 g/mol. The van der Waals surface area contributed by atoms with E-state index in [0.29, 0.717) is 23.7 Å². The number of allylic oxidation sites excluding steroid dienone is 1. The van der Waals surface area contributed by atoms with Crippen LogP contribution in [0, 0.1) is 30.6 Å². The topological polar surface area (TPSA) is 35.0 Å². The highest BCUT2D eigenvalue weighted by Crippen LogP contribution is 2.11. The van der Waals surface area contributed by atoms with E-state index in [1.807, 2.05) is 39.0 Å². The molecular formula is C34H63FN2O. The number of ether oxygens (including phenoxy) is 1. The van der Waals surface area contributed by atoms with Gasteiger partial charge in [-0.15, -0.1) is 6.58 Å². The molecule has 2 heterocycles. The molecule has 38 heavy (non-hydrogen) atoms. The van der Waals surface area contributed by atoms with Gasteiger partial charge in [0.05, 0.1) is 0 Å². The monoisotopic (exact) mass is 534 g/mol. The van der Waals surface area contributed by atoms with Crippen molar-refractivity contribution in [2.45, 2.75) is 115 Å². The standard InChI is InChI=1S/C9H13N.C8H10FN.C6H14.C5H12O.C5H10.CH4/c1-7(2)9-6-4-5-8(3)10-9;1-6(2)7-4-3-5-8(9)10-7;1-4-5-6(2)3;1-5(2)4-6-3;1-4-5(2)3;/h4-7H,1-3H3;3-6H,1-2H3;6H,4-5H2,1-3H3;5H,4H2,1-3H3;4-5H,1H2,2-3H3;1H4. The first-order valence-electron chi connectivity index (χ1n) is 13.9. The van der Waals surface area contributed by atoms with E-state index >= 15 is 0 Å². The highest BCUT2D eigenvalue weighted by molar-refractivity contribution is 5.12. The van der Waals surface area contributed by atoms with Gasteiger partial charge in [-0.1, -0.05) is 115 Å². The molecule has 0 aliphatic carbocycles. The van der Waals surface area contributed by atoms with Crippen molar-refractivity contribution in [1.82, 2.24) is 9.97 Å². The number of aryl methyl sites for hydroxylation is 1. The SMILES string of the molecule is C.C=CC(C)C.CC(C)c1cccc(F)n1.CCCC(C)C.COCC(C)C.Cc1cccc(C(C)C)n1. The van der Waals surface area contributed by atoms with Gasteiger partial charge in [-0.3, -0.25) is 4.98 Å². The number of rotatable bonds is 7. The van der Waals surface area contributed by atoms with Gasteiger partial charge in [0.15, 0.2) is 0 Å². The van der Waals surface area contributed by atoms with E-state index in [1.165, 1.54) is 24.6 Å². The summed E-state index contributed by atoms with van der Waals surface area (Å²) in [6.45, 7) is 29.9. The predicted octanol–water partition coefficient (Wildman–Crippen LogP) is 11.1. The van der Waals surface area contributed by atoms with E-state index in [9.17, 15) is 4.39 Å². The molecule has 3 nitrogen and oxygen atoms in total. The molecule has 0 fully saturated rings. The van der Waals surface area contributed by atoms with Gasteiger partial charge in [0.25, 0.3) is 0 Å². The molecule has 4 heteroatoms. The number of halogens is 1. The zero-order valence-corrected chi connectivity index (χ0v) is 26.4. The summed E-state index contributed by atoms with van der Waals surface area (Å²) in [5.41, 5.74) is 3.09. The molecule has 0 aliphatic rings. The number of hydrogen-bond acceptors (Lipinski definition) is 3. The third-order valence-electron chi connectivity index (χ3n) is 4.67. The Balaban J connectivity index is -0.000000195. The smallest absolute Gasteiger partial charge is 0.213 e. The Labute approximate surface area is 237 Å². The van der Waals surface area contributed by atoms with Crippen molar-refractivity contribution >= 4 is 0 Å². The van der Waals surface area contributed by atoms with Crippen LogP contribution in [0.15, 0.2) is 49.1 Å². The van der Waals surface area contributed by atoms with Crippen LogP contribution in [0.5, 0.6) is 0 Å². The second-order valence-electron chi connectivity index (χ2n) is 10.9. The van der Waals surface area contributed by atoms with E-state index in [2.05, 4.69) is 91.0 Å². The highest BCUT2D eigenvalue weighted by atomic mass is 19.1. The maximum absolute atomic E-state index is 12.4. The molecule has 2 rings (SSSR count). The van der Waals surface area contributed by atoms with Crippen molar-refractivity contribution in [3.8, 4) is 0 Å². The van der Waals surface area contributed by atoms with Gasteiger partial charge in [-0.2, -0.15) is 4.39 Å². The molecule has 0 atom stereocenters. The van der Waals surface area contributed by atoms with Crippen LogP contribution in [-0.4, -0.2) is 23.7 Å². The van der Waals surface area contributed by atoms with Crippen LogP contribution in [0.4, 0.5) is 4.39 Å². The van der Waals surface area contributed by atoms with Gasteiger partial charge in [-0.05, 0) is 60.8 Å². The van der Waals surface area contributed by atoms with Gasteiger partial charge >= 0.3 is 0 Å². The largest absolute Gasteiger partial charge is 0.384 e. The first-order valence-corrected chi connectivity index (χ1v) is 13.9. The molecule has 0 radical (unpaired) electrons. The van der Waals surface area contributed by atoms with E-state index < -0.39 is 5.95 Å². The average molecular weight is 535 g/mol. The van der Waals surface area contributed by atoms with Crippen LogP contribution in [0.3, 0.4) is 0 Å². The third kappa shape index (κ3) is 32.0. The Hall–Kier alpha value is -2.07. The molecule has 0 unspecified atom stereocenters. The Morgan fingerprint density at radius 1 is 0.816 bits per heavy atom. The van der Waals surface area contributed by atoms with Gasteiger partial charge in [0, 0.05) is 30.8 Å². The average Bonchev–Trinajstić information content (AvgIpc) is 2.80. The second kappa shape index (κ2) is 28.0. The normalized spacial score (nSPS) is 9.76. The summed E-state index contributed by atoms with van der Waals surface area (Å²) >= 11 is 0. The molecule has 2 aromatic rings. The van der Waals surface area contributed by atoms with Crippen molar-refractivity contribution in [2.75, 3.05) is 13.7 Å². The maximum atomic E-state index is 12.4. The van der Waals surface area contributed by atoms with E-state index in [1.54, 1.807) is 13.2 Å². The fraction of sp³-hybridized carbons (Fsp3) is 0.647. The van der Waals surface area contributed by atoms with Crippen molar-refractivity contribution in [3.63, 3.8) is 0 Å².